The summed E-state index contributed by atoms with van der Waals surface area (Å²) in [6.07, 6.45) is 1.07. The Bertz CT molecular complexity index is 348. The van der Waals surface area contributed by atoms with Gasteiger partial charge in [-0.15, -0.1) is 0 Å². The number of nitrogens with zero attached hydrogens (tertiary/aromatic N) is 2. The molecule has 0 fully saturated rings. The average molecular weight is 230 g/mol. The molecule has 76 valence electrons. The van der Waals surface area contributed by atoms with Crippen LogP contribution in [0.2, 0.25) is 5.02 Å². The standard InChI is InChI=1S/C9H12ClN3S/c10-8-6-14-5-7(8)4-13-3-1-2-12-9(13)11/h5-6H,1-4H2,(H2,11,12). The van der Waals surface area contributed by atoms with Crippen molar-refractivity contribution in [3.63, 3.8) is 0 Å². The molecule has 0 aromatic carbocycles. The Morgan fingerprint density at radius 1 is 1.57 bits per heavy atom. The van der Waals surface area contributed by atoms with Gasteiger partial charge in [0, 0.05) is 30.6 Å². The summed E-state index contributed by atoms with van der Waals surface area (Å²) in [7, 11) is 0. The lowest BCUT2D eigenvalue weighted by molar-refractivity contribution is 0.384. The molecule has 5 heteroatoms. The van der Waals surface area contributed by atoms with Gasteiger partial charge in [0.05, 0.1) is 5.02 Å². The Hall–Kier alpha value is -0.740. The highest BCUT2D eigenvalue weighted by molar-refractivity contribution is 7.08. The SMILES string of the molecule is NC1=NCCCN1Cc1cscc1Cl. The average Bonchev–Trinajstić information content (AvgIpc) is 2.56. The van der Waals surface area contributed by atoms with Crippen molar-refractivity contribution < 1.29 is 0 Å². The summed E-state index contributed by atoms with van der Waals surface area (Å²) in [5.41, 5.74) is 6.92. The first-order valence-electron chi connectivity index (χ1n) is 4.53. The Balaban J connectivity index is 2.07. The number of guanidine groups is 1. The molecule has 0 unspecified atom stereocenters. The second-order valence-corrected chi connectivity index (χ2v) is 4.41. The Kier molecular flexibility index (Phi) is 2.93. The zero-order chi connectivity index (χ0) is 9.97. The van der Waals surface area contributed by atoms with Crippen LogP contribution in [-0.4, -0.2) is 23.9 Å². The van der Waals surface area contributed by atoms with Crippen LogP contribution < -0.4 is 5.73 Å². The third-order valence-electron chi connectivity index (χ3n) is 2.23. The smallest absolute Gasteiger partial charge is 0.191 e. The number of halogens is 1. The first-order chi connectivity index (χ1) is 6.77. The van der Waals surface area contributed by atoms with Crippen molar-refractivity contribution in [3.05, 3.63) is 21.3 Å². The molecule has 1 aliphatic rings. The fraction of sp³-hybridized carbons (Fsp3) is 0.444. The van der Waals surface area contributed by atoms with Crippen LogP contribution >= 0.6 is 22.9 Å². The van der Waals surface area contributed by atoms with Gasteiger partial charge in [0.15, 0.2) is 5.96 Å². The third kappa shape index (κ3) is 2.01. The lowest BCUT2D eigenvalue weighted by Gasteiger charge is -2.26. The Morgan fingerprint density at radius 2 is 2.43 bits per heavy atom. The van der Waals surface area contributed by atoms with E-state index in [9.17, 15) is 0 Å². The molecule has 2 rings (SSSR count). The molecule has 2 heterocycles. The molecule has 2 N–H and O–H groups in total. The van der Waals surface area contributed by atoms with Crippen molar-refractivity contribution in [1.29, 1.82) is 0 Å². The van der Waals surface area contributed by atoms with Gasteiger partial charge in [0.25, 0.3) is 0 Å². The van der Waals surface area contributed by atoms with Gasteiger partial charge < -0.3 is 10.6 Å². The van der Waals surface area contributed by atoms with E-state index in [1.165, 1.54) is 0 Å². The molecular weight excluding hydrogens is 218 g/mol. The fourth-order valence-corrected chi connectivity index (χ4v) is 2.49. The highest BCUT2D eigenvalue weighted by Gasteiger charge is 2.13. The molecule has 0 aliphatic carbocycles. The molecule has 0 spiro atoms. The van der Waals surface area contributed by atoms with Gasteiger partial charge in [-0.2, -0.15) is 11.3 Å². The largest absolute Gasteiger partial charge is 0.370 e. The maximum absolute atomic E-state index is 6.01. The van der Waals surface area contributed by atoms with Gasteiger partial charge in [-0.3, -0.25) is 4.99 Å². The van der Waals surface area contributed by atoms with E-state index in [0.29, 0.717) is 5.96 Å². The normalized spacial score (nSPS) is 16.9. The Morgan fingerprint density at radius 3 is 3.07 bits per heavy atom. The molecule has 14 heavy (non-hydrogen) atoms. The quantitative estimate of drug-likeness (QED) is 0.842. The van der Waals surface area contributed by atoms with Crippen LogP contribution in [0.25, 0.3) is 0 Å². The summed E-state index contributed by atoms with van der Waals surface area (Å²) in [6.45, 7) is 2.60. The van der Waals surface area contributed by atoms with Crippen LogP contribution in [0.15, 0.2) is 15.8 Å². The van der Waals surface area contributed by atoms with E-state index in [2.05, 4.69) is 15.3 Å². The summed E-state index contributed by atoms with van der Waals surface area (Å²) in [5, 5.41) is 4.83. The molecule has 3 nitrogen and oxygen atoms in total. The number of thiophene rings is 1. The maximum atomic E-state index is 6.01. The van der Waals surface area contributed by atoms with Crippen LogP contribution in [0.1, 0.15) is 12.0 Å². The summed E-state index contributed by atoms with van der Waals surface area (Å²) >= 11 is 7.63. The summed E-state index contributed by atoms with van der Waals surface area (Å²) in [5.74, 6) is 0.638. The third-order valence-corrected chi connectivity index (χ3v) is 3.51. The van der Waals surface area contributed by atoms with Crippen molar-refractivity contribution in [2.45, 2.75) is 13.0 Å². The lowest BCUT2D eigenvalue weighted by atomic mass is 10.3. The van der Waals surface area contributed by atoms with E-state index in [-0.39, 0.29) is 0 Å². The van der Waals surface area contributed by atoms with Gasteiger partial charge in [0.1, 0.15) is 0 Å². The van der Waals surface area contributed by atoms with Crippen molar-refractivity contribution in [1.82, 2.24) is 4.90 Å². The van der Waals surface area contributed by atoms with E-state index in [4.69, 9.17) is 17.3 Å². The van der Waals surface area contributed by atoms with Gasteiger partial charge >= 0.3 is 0 Å². The van der Waals surface area contributed by atoms with Crippen molar-refractivity contribution in [3.8, 4) is 0 Å². The van der Waals surface area contributed by atoms with Crippen LogP contribution in [0.5, 0.6) is 0 Å². The maximum Gasteiger partial charge on any atom is 0.191 e. The highest BCUT2D eigenvalue weighted by Crippen LogP contribution is 2.22. The molecule has 1 aliphatic heterocycles. The van der Waals surface area contributed by atoms with E-state index in [0.717, 1.165) is 36.6 Å². The number of hydrogen-bond donors (Lipinski definition) is 1. The van der Waals surface area contributed by atoms with Gasteiger partial charge in [-0.1, -0.05) is 11.6 Å². The van der Waals surface area contributed by atoms with Gasteiger partial charge in [-0.25, -0.2) is 0 Å². The predicted molar refractivity (Wildman–Crippen MR) is 60.8 cm³/mol. The molecule has 0 amide bonds. The van der Waals surface area contributed by atoms with E-state index in [1.807, 2.05) is 5.38 Å². The number of aliphatic imine (C=N–C) groups is 1. The fourth-order valence-electron chi connectivity index (χ4n) is 1.46. The van der Waals surface area contributed by atoms with Gasteiger partial charge in [-0.05, 0) is 11.8 Å². The summed E-state index contributed by atoms with van der Waals surface area (Å²) in [4.78, 5) is 6.27. The van der Waals surface area contributed by atoms with Crippen LogP contribution in [0.3, 0.4) is 0 Å². The van der Waals surface area contributed by atoms with Crippen LogP contribution in [0.4, 0.5) is 0 Å². The van der Waals surface area contributed by atoms with Gasteiger partial charge in [0.2, 0.25) is 0 Å². The molecule has 0 saturated carbocycles. The summed E-state index contributed by atoms with van der Waals surface area (Å²) in [6, 6.07) is 0. The minimum atomic E-state index is 0.638. The zero-order valence-electron chi connectivity index (χ0n) is 7.74. The van der Waals surface area contributed by atoms with Crippen molar-refractivity contribution >= 4 is 28.9 Å². The molecule has 0 atom stereocenters. The molecule has 0 bridgehead atoms. The van der Waals surface area contributed by atoms with E-state index < -0.39 is 0 Å². The second-order valence-electron chi connectivity index (χ2n) is 3.26. The number of nitrogens with two attached hydrogens (primary N) is 1. The summed E-state index contributed by atoms with van der Waals surface area (Å²) < 4.78 is 0. The van der Waals surface area contributed by atoms with Crippen LogP contribution in [0, 0.1) is 0 Å². The molecule has 1 aromatic rings. The first kappa shape index (κ1) is 9.80. The number of rotatable bonds is 2. The molecule has 0 saturated heterocycles. The van der Waals surface area contributed by atoms with Crippen molar-refractivity contribution in [2.75, 3.05) is 13.1 Å². The lowest BCUT2D eigenvalue weighted by Crippen LogP contribution is -2.40. The minimum absolute atomic E-state index is 0.638. The van der Waals surface area contributed by atoms with E-state index in [1.54, 1.807) is 11.3 Å². The van der Waals surface area contributed by atoms with Crippen LogP contribution in [-0.2, 0) is 6.54 Å². The monoisotopic (exact) mass is 229 g/mol. The molecular formula is C9H12ClN3S. The first-order valence-corrected chi connectivity index (χ1v) is 5.85. The topological polar surface area (TPSA) is 41.6 Å². The zero-order valence-corrected chi connectivity index (χ0v) is 9.31. The van der Waals surface area contributed by atoms with E-state index >= 15 is 0 Å². The van der Waals surface area contributed by atoms with Crippen molar-refractivity contribution in [2.24, 2.45) is 10.7 Å². The second kappa shape index (κ2) is 4.19. The predicted octanol–water partition coefficient (Wildman–Crippen LogP) is 1.92. The minimum Gasteiger partial charge on any atom is -0.370 e. The molecule has 0 radical (unpaired) electrons. The molecule has 1 aromatic heterocycles. The Labute approximate surface area is 92.2 Å². The number of hydrogen-bond acceptors (Lipinski definition) is 4. The highest BCUT2D eigenvalue weighted by atomic mass is 35.5.